The number of rotatable bonds is 3. The molecular formula is C16H14ClN3O. The molecule has 106 valence electrons. The van der Waals surface area contributed by atoms with Crippen LogP contribution >= 0.6 is 11.6 Å². The summed E-state index contributed by atoms with van der Waals surface area (Å²) in [5.74, 6) is -0.306. The smallest absolute Gasteiger partial charge is 0.252 e. The molecule has 0 aliphatic rings. The van der Waals surface area contributed by atoms with Gasteiger partial charge >= 0.3 is 0 Å². The number of nitrogens with one attached hydrogen (secondary N) is 1. The summed E-state index contributed by atoms with van der Waals surface area (Å²) in [6.45, 7) is 3.29. The minimum Gasteiger partial charge on any atom is -0.334 e. The molecule has 4 nitrogen and oxygen atoms in total. The van der Waals surface area contributed by atoms with E-state index in [1.54, 1.807) is 44.3 Å². The topological polar surface area (TPSA) is 65.8 Å². The largest absolute Gasteiger partial charge is 0.334 e. The van der Waals surface area contributed by atoms with Crippen LogP contribution in [0.5, 0.6) is 0 Å². The second-order valence-corrected chi connectivity index (χ2v) is 5.56. The summed E-state index contributed by atoms with van der Waals surface area (Å²) >= 11 is 5.85. The highest BCUT2D eigenvalue weighted by molar-refractivity contribution is 6.30. The molecule has 0 bridgehead atoms. The average Bonchev–Trinajstić information content (AvgIpc) is 2.48. The highest BCUT2D eigenvalue weighted by Gasteiger charge is 2.20. The predicted octanol–water partition coefficient (Wildman–Crippen LogP) is 3.43. The number of nitrogens with zero attached hydrogens (tertiary/aromatic N) is 2. The minimum absolute atomic E-state index is 0.306. The van der Waals surface area contributed by atoms with Crippen LogP contribution in [0.3, 0.4) is 0 Å². The Morgan fingerprint density at radius 2 is 1.95 bits per heavy atom. The van der Waals surface area contributed by atoms with Gasteiger partial charge in [0.15, 0.2) is 0 Å². The third-order valence-corrected chi connectivity index (χ3v) is 3.12. The van der Waals surface area contributed by atoms with E-state index in [0.29, 0.717) is 16.3 Å². The fraction of sp³-hybridized carbons (Fsp3) is 0.188. The molecule has 5 heteroatoms. The monoisotopic (exact) mass is 299 g/mol. The van der Waals surface area contributed by atoms with Gasteiger partial charge in [0.25, 0.3) is 5.91 Å². The molecule has 0 radical (unpaired) electrons. The Bertz CT molecular complexity index is 702. The van der Waals surface area contributed by atoms with Crippen molar-refractivity contribution in [3.63, 3.8) is 0 Å². The lowest BCUT2D eigenvalue weighted by molar-refractivity contribution is 0.0929. The van der Waals surface area contributed by atoms with Crippen molar-refractivity contribution in [3.8, 4) is 17.3 Å². The second kappa shape index (κ2) is 5.94. The molecule has 0 aliphatic heterocycles. The summed E-state index contributed by atoms with van der Waals surface area (Å²) in [6, 6.07) is 12.5. The molecule has 2 aromatic rings. The molecule has 0 fully saturated rings. The van der Waals surface area contributed by atoms with Crippen LogP contribution in [-0.2, 0) is 0 Å². The maximum absolute atomic E-state index is 12.1. The van der Waals surface area contributed by atoms with Gasteiger partial charge in [-0.25, -0.2) is 0 Å². The number of halogens is 1. The number of nitriles is 1. The first-order valence-electron chi connectivity index (χ1n) is 6.37. The number of benzene rings is 1. The molecule has 0 aliphatic carbocycles. The van der Waals surface area contributed by atoms with Gasteiger partial charge in [-0.15, -0.1) is 0 Å². The van der Waals surface area contributed by atoms with Crippen molar-refractivity contribution >= 4 is 17.5 Å². The van der Waals surface area contributed by atoms with E-state index in [9.17, 15) is 4.79 Å². The van der Waals surface area contributed by atoms with Gasteiger partial charge in [-0.3, -0.25) is 9.78 Å². The number of carbonyl (C=O) groups is 1. The molecule has 2 rings (SSSR count). The summed E-state index contributed by atoms with van der Waals surface area (Å²) < 4.78 is 0. The fourth-order valence-corrected chi connectivity index (χ4v) is 1.86. The lowest BCUT2D eigenvalue weighted by atomic mass is 10.1. The summed E-state index contributed by atoms with van der Waals surface area (Å²) in [7, 11) is 0. The standard InChI is InChI=1S/C16H14ClN3O/c1-16(2,10-18)20-15(21)12-7-8-19-14(9-12)11-3-5-13(17)6-4-11/h3-9H,1-2H3,(H,20,21). The highest BCUT2D eigenvalue weighted by atomic mass is 35.5. The van der Waals surface area contributed by atoms with Gasteiger partial charge in [-0.2, -0.15) is 5.26 Å². The van der Waals surface area contributed by atoms with E-state index in [1.165, 1.54) is 0 Å². The molecule has 1 N–H and O–H groups in total. The summed E-state index contributed by atoms with van der Waals surface area (Å²) in [5, 5.41) is 12.3. The number of aromatic nitrogens is 1. The molecule has 1 aromatic carbocycles. The molecule has 0 saturated carbocycles. The predicted molar refractivity (Wildman–Crippen MR) is 81.8 cm³/mol. The maximum atomic E-state index is 12.1. The van der Waals surface area contributed by atoms with E-state index in [2.05, 4.69) is 10.3 Å². The Hall–Kier alpha value is -2.38. The molecule has 1 aromatic heterocycles. The van der Waals surface area contributed by atoms with Crippen molar-refractivity contribution < 1.29 is 4.79 Å². The first kappa shape index (κ1) is 15.0. The van der Waals surface area contributed by atoms with Crippen LogP contribution in [0.2, 0.25) is 5.02 Å². The second-order valence-electron chi connectivity index (χ2n) is 5.13. The van der Waals surface area contributed by atoms with Gasteiger partial charge in [0.2, 0.25) is 0 Å². The van der Waals surface area contributed by atoms with Crippen molar-refractivity contribution in [2.24, 2.45) is 0 Å². The van der Waals surface area contributed by atoms with E-state index >= 15 is 0 Å². The zero-order chi connectivity index (χ0) is 15.5. The van der Waals surface area contributed by atoms with E-state index in [4.69, 9.17) is 16.9 Å². The Kier molecular flexibility index (Phi) is 4.25. The summed E-state index contributed by atoms with van der Waals surface area (Å²) in [6.07, 6.45) is 1.57. The highest BCUT2D eigenvalue weighted by Crippen LogP contribution is 2.20. The van der Waals surface area contributed by atoms with Gasteiger partial charge in [0.1, 0.15) is 5.54 Å². The minimum atomic E-state index is -0.916. The van der Waals surface area contributed by atoms with Crippen molar-refractivity contribution in [2.45, 2.75) is 19.4 Å². The Balaban J connectivity index is 2.28. The normalized spacial score (nSPS) is 10.8. The molecule has 0 saturated heterocycles. The number of carbonyl (C=O) groups excluding carboxylic acids is 1. The number of hydrogen-bond donors (Lipinski definition) is 1. The van der Waals surface area contributed by atoms with Crippen LogP contribution in [0.4, 0.5) is 0 Å². The number of pyridine rings is 1. The van der Waals surface area contributed by atoms with E-state index < -0.39 is 5.54 Å². The third-order valence-electron chi connectivity index (χ3n) is 2.87. The van der Waals surface area contributed by atoms with Gasteiger partial charge in [-0.1, -0.05) is 23.7 Å². The zero-order valence-electron chi connectivity index (χ0n) is 11.7. The number of hydrogen-bond acceptors (Lipinski definition) is 3. The molecule has 1 heterocycles. The van der Waals surface area contributed by atoms with E-state index in [0.717, 1.165) is 5.56 Å². The summed E-state index contributed by atoms with van der Waals surface area (Å²) in [5.41, 5.74) is 1.08. The van der Waals surface area contributed by atoms with E-state index in [-0.39, 0.29) is 5.91 Å². The van der Waals surface area contributed by atoms with Gasteiger partial charge < -0.3 is 5.32 Å². The summed E-state index contributed by atoms with van der Waals surface area (Å²) in [4.78, 5) is 16.4. The van der Waals surface area contributed by atoms with Gasteiger partial charge in [0.05, 0.1) is 11.8 Å². The van der Waals surface area contributed by atoms with Crippen LogP contribution in [-0.4, -0.2) is 16.4 Å². The fourth-order valence-electron chi connectivity index (χ4n) is 1.73. The lowest BCUT2D eigenvalue weighted by Crippen LogP contribution is -2.42. The molecule has 0 unspecified atom stereocenters. The average molecular weight is 300 g/mol. The third kappa shape index (κ3) is 3.80. The van der Waals surface area contributed by atoms with Crippen LogP contribution < -0.4 is 5.32 Å². The van der Waals surface area contributed by atoms with Crippen LogP contribution in [0.15, 0.2) is 42.6 Å². The molecule has 1 amide bonds. The first-order valence-corrected chi connectivity index (χ1v) is 6.75. The van der Waals surface area contributed by atoms with E-state index in [1.807, 2.05) is 18.2 Å². The zero-order valence-corrected chi connectivity index (χ0v) is 12.5. The Labute approximate surface area is 128 Å². The van der Waals surface area contributed by atoms with Crippen molar-refractivity contribution in [1.29, 1.82) is 5.26 Å². The van der Waals surface area contributed by atoms with Gasteiger partial charge in [-0.05, 0) is 38.1 Å². The molecule has 0 atom stereocenters. The first-order chi connectivity index (χ1) is 9.91. The van der Waals surface area contributed by atoms with Crippen LogP contribution in [0.1, 0.15) is 24.2 Å². The van der Waals surface area contributed by atoms with Crippen molar-refractivity contribution in [3.05, 3.63) is 53.2 Å². The van der Waals surface area contributed by atoms with Crippen molar-refractivity contribution in [1.82, 2.24) is 10.3 Å². The molecular weight excluding hydrogens is 286 g/mol. The maximum Gasteiger partial charge on any atom is 0.252 e. The Morgan fingerprint density at radius 3 is 2.57 bits per heavy atom. The van der Waals surface area contributed by atoms with Crippen LogP contribution in [0.25, 0.3) is 11.3 Å². The Morgan fingerprint density at radius 1 is 1.29 bits per heavy atom. The SMILES string of the molecule is CC(C)(C#N)NC(=O)c1ccnc(-c2ccc(Cl)cc2)c1. The number of amides is 1. The quantitative estimate of drug-likeness (QED) is 0.944. The molecule has 0 spiro atoms. The van der Waals surface area contributed by atoms with Crippen LogP contribution in [0, 0.1) is 11.3 Å². The molecule has 21 heavy (non-hydrogen) atoms. The lowest BCUT2D eigenvalue weighted by Gasteiger charge is -2.17. The van der Waals surface area contributed by atoms with Gasteiger partial charge in [0, 0.05) is 22.3 Å². The van der Waals surface area contributed by atoms with Crippen molar-refractivity contribution in [2.75, 3.05) is 0 Å².